The normalized spacial score (nSPS) is 10.4. The van der Waals surface area contributed by atoms with Gasteiger partial charge in [-0.15, -0.1) is 10.2 Å². The van der Waals surface area contributed by atoms with E-state index >= 15 is 0 Å². The van der Waals surface area contributed by atoms with Crippen LogP contribution in [0.2, 0.25) is 0 Å². The molecule has 2 aromatic heterocycles. The molecule has 0 spiro atoms. The van der Waals surface area contributed by atoms with Gasteiger partial charge < -0.3 is 5.32 Å². The van der Waals surface area contributed by atoms with Crippen LogP contribution in [0, 0.1) is 0 Å². The van der Waals surface area contributed by atoms with E-state index in [1.807, 2.05) is 12.3 Å². The Kier molecular flexibility index (Phi) is 2.68. The van der Waals surface area contributed by atoms with Gasteiger partial charge in [-0.3, -0.25) is 0 Å². The van der Waals surface area contributed by atoms with Crippen molar-refractivity contribution in [1.29, 1.82) is 0 Å². The van der Waals surface area contributed by atoms with E-state index in [-0.39, 0.29) is 0 Å². The summed E-state index contributed by atoms with van der Waals surface area (Å²) in [6.07, 6.45) is 1.70. The fourth-order valence-corrected chi connectivity index (χ4v) is 1.52. The van der Waals surface area contributed by atoms with Crippen LogP contribution in [-0.4, -0.2) is 24.6 Å². The maximum atomic E-state index is 3.93. The molecule has 7 heteroatoms. The van der Waals surface area contributed by atoms with E-state index < -0.39 is 0 Å². The summed E-state index contributed by atoms with van der Waals surface area (Å²) in [5, 5.41) is 16.7. The van der Waals surface area contributed by atoms with Crippen molar-refractivity contribution in [3.05, 3.63) is 17.3 Å². The maximum absolute atomic E-state index is 3.93. The van der Waals surface area contributed by atoms with Crippen molar-refractivity contribution in [2.24, 2.45) is 0 Å². The van der Waals surface area contributed by atoms with Crippen LogP contribution in [-0.2, 0) is 13.1 Å². The monoisotopic (exact) mass is 210 g/mol. The van der Waals surface area contributed by atoms with Crippen molar-refractivity contribution >= 4 is 17.4 Å². The van der Waals surface area contributed by atoms with Crippen LogP contribution >= 0.6 is 11.5 Å². The molecule has 2 aromatic rings. The molecule has 0 saturated heterocycles. The third-order valence-electron chi connectivity index (χ3n) is 1.77. The molecule has 0 amide bonds. The Morgan fingerprint density at radius 2 is 2.50 bits per heavy atom. The average molecular weight is 210 g/mol. The first-order valence-corrected chi connectivity index (χ1v) is 5.12. The fraction of sp³-hybridized carbons (Fsp3) is 0.429. The van der Waals surface area contributed by atoms with Crippen LogP contribution in [0.3, 0.4) is 0 Å². The first-order chi connectivity index (χ1) is 6.90. The summed E-state index contributed by atoms with van der Waals surface area (Å²) in [4.78, 5) is 0. The molecular weight excluding hydrogens is 200 g/mol. The maximum Gasteiger partial charge on any atom is 0.145 e. The Balaban J connectivity index is 1.98. The highest BCUT2D eigenvalue weighted by Crippen LogP contribution is 2.06. The molecule has 14 heavy (non-hydrogen) atoms. The Hall–Kier alpha value is -1.50. The summed E-state index contributed by atoms with van der Waals surface area (Å²) in [6, 6.07) is 0. The van der Waals surface area contributed by atoms with Crippen molar-refractivity contribution in [3.8, 4) is 0 Å². The van der Waals surface area contributed by atoms with Crippen molar-refractivity contribution in [3.63, 3.8) is 0 Å². The van der Waals surface area contributed by atoms with Gasteiger partial charge in [-0.2, -0.15) is 0 Å². The minimum Gasteiger partial charge on any atom is -0.363 e. The van der Waals surface area contributed by atoms with Crippen LogP contribution in [0.4, 0.5) is 5.82 Å². The second kappa shape index (κ2) is 4.14. The topological polar surface area (TPSA) is 68.5 Å². The highest BCUT2D eigenvalue weighted by atomic mass is 32.1. The molecule has 1 N–H and O–H groups in total. The molecule has 0 radical (unpaired) electrons. The molecule has 2 rings (SSSR count). The second-order valence-electron chi connectivity index (χ2n) is 2.68. The quantitative estimate of drug-likeness (QED) is 0.807. The largest absolute Gasteiger partial charge is 0.363 e. The van der Waals surface area contributed by atoms with E-state index in [2.05, 4.69) is 25.2 Å². The Morgan fingerprint density at radius 1 is 1.57 bits per heavy atom. The number of anilines is 1. The van der Waals surface area contributed by atoms with E-state index in [1.165, 1.54) is 11.5 Å². The third kappa shape index (κ3) is 1.87. The van der Waals surface area contributed by atoms with Crippen molar-refractivity contribution in [2.75, 3.05) is 5.32 Å². The molecule has 0 aliphatic carbocycles. The third-order valence-corrected chi connectivity index (χ3v) is 2.33. The highest BCUT2D eigenvalue weighted by molar-refractivity contribution is 7.03. The van der Waals surface area contributed by atoms with Gasteiger partial charge in [-0.05, 0) is 18.5 Å². The number of nitrogens with one attached hydrogen (secondary N) is 1. The van der Waals surface area contributed by atoms with E-state index in [9.17, 15) is 0 Å². The zero-order valence-electron chi connectivity index (χ0n) is 7.71. The van der Waals surface area contributed by atoms with Crippen LogP contribution in [0.15, 0.2) is 11.6 Å². The van der Waals surface area contributed by atoms with Gasteiger partial charge in [0.1, 0.15) is 5.82 Å². The Bertz CT molecular complexity index is 381. The molecular formula is C7H10N6S. The van der Waals surface area contributed by atoms with E-state index in [0.717, 1.165) is 18.1 Å². The number of hydrogen-bond donors (Lipinski definition) is 1. The van der Waals surface area contributed by atoms with Crippen molar-refractivity contribution in [1.82, 2.24) is 24.6 Å². The van der Waals surface area contributed by atoms with Crippen LogP contribution in [0.5, 0.6) is 0 Å². The van der Waals surface area contributed by atoms with Crippen LogP contribution < -0.4 is 5.32 Å². The van der Waals surface area contributed by atoms with Gasteiger partial charge in [0.05, 0.1) is 18.4 Å². The molecule has 0 saturated carbocycles. The van der Waals surface area contributed by atoms with Crippen molar-refractivity contribution < 1.29 is 0 Å². The zero-order chi connectivity index (χ0) is 9.80. The minimum atomic E-state index is 0.657. The number of rotatable bonds is 4. The minimum absolute atomic E-state index is 0.657. The van der Waals surface area contributed by atoms with Gasteiger partial charge in [-0.1, -0.05) is 9.70 Å². The number of hydrogen-bond acceptors (Lipinski definition) is 6. The van der Waals surface area contributed by atoms with Gasteiger partial charge in [0.25, 0.3) is 0 Å². The van der Waals surface area contributed by atoms with Gasteiger partial charge in [0.15, 0.2) is 0 Å². The molecule has 2 heterocycles. The molecule has 0 aliphatic heterocycles. The summed E-state index contributed by atoms with van der Waals surface area (Å²) in [5.74, 6) is 0.903. The molecule has 6 nitrogen and oxygen atoms in total. The number of aromatic nitrogens is 5. The van der Waals surface area contributed by atoms with E-state index in [1.54, 1.807) is 10.9 Å². The van der Waals surface area contributed by atoms with Crippen molar-refractivity contribution in [2.45, 2.75) is 20.0 Å². The molecule has 0 aliphatic rings. The lowest BCUT2D eigenvalue weighted by molar-refractivity contribution is 0.630. The smallest absolute Gasteiger partial charge is 0.145 e. The predicted octanol–water partition coefficient (Wildman–Crippen LogP) is 0.762. The SMILES string of the molecule is CCn1nncc1NCc1csnn1. The lowest BCUT2D eigenvalue weighted by Gasteiger charge is -2.03. The average Bonchev–Trinajstić information content (AvgIpc) is 2.85. The molecule has 0 fully saturated rings. The Labute approximate surface area is 85.1 Å². The molecule has 74 valence electrons. The number of nitrogens with zero attached hydrogens (tertiary/aromatic N) is 5. The first-order valence-electron chi connectivity index (χ1n) is 4.28. The molecule has 0 atom stereocenters. The summed E-state index contributed by atoms with van der Waals surface area (Å²) >= 11 is 1.35. The van der Waals surface area contributed by atoms with Gasteiger partial charge in [0, 0.05) is 11.9 Å². The zero-order valence-corrected chi connectivity index (χ0v) is 8.53. The molecule has 0 bridgehead atoms. The van der Waals surface area contributed by atoms with Gasteiger partial charge >= 0.3 is 0 Å². The van der Waals surface area contributed by atoms with E-state index in [0.29, 0.717) is 6.54 Å². The second-order valence-corrected chi connectivity index (χ2v) is 3.29. The summed E-state index contributed by atoms with van der Waals surface area (Å²) in [5.41, 5.74) is 0.929. The van der Waals surface area contributed by atoms with Gasteiger partial charge in [-0.25, -0.2) is 4.68 Å². The predicted molar refractivity (Wildman–Crippen MR) is 52.9 cm³/mol. The lowest BCUT2D eigenvalue weighted by atomic mass is 10.5. The van der Waals surface area contributed by atoms with Crippen LogP contribution in [0.1, 0.15) is 12.6 Å². The summed E-state index contributed by atoms with van der Waals surface area (Å²) in [6.45, 7) is 3.48. The van der Waals surface area contributed by atoms with Gasteiger partial charge in [0.2, 0.25) is 0 Å². The highest BCUT2D eigenvalue weighted by Gasteiger charge is 2.01. The Morgan fingerprint density at radius 3 is 3.21 bits per heavy atom. The fourth-order valence-electron chi connectivity index (χ4n) is 1.07. The summed E-state index contributed by atoms with van der Waals surface area (Å²) < 4.78 is 5.57. The summed E-state index contributed by atoms with van der Waals surface area (Å²) in [7, 11) is 0. The standard InChI is InChI=1S/C7H10N6S/c1-2-13-7(4-9-11-13)8-3-6-5-14-12-10-6/h4-5,8H,2-3H2,1H3. The first kappa shape index (κ1) is 9.07. The van der Waals surface area contributed by atoms with Crippen LogP contribution in [0.25, 0.3) is 0 Å². The lowest BCUT2D eigenvalue weighted by Crippen LogP contribution is -2.07. The molecule has 0 aromatic carbocycles. The number of aryl methyl sites for hydroxylation is 1. The molecule has 0 unspecified atom stereocenters. The van der Waals surface area contributed by atoms with E-state index in [4.69, 9.17) is 0 Å².